The van der Waals surface area contributed by atoms with Crippen LogP contribution in [0.15, 0.2) is 11.8 Å². The van der Waals surface area contributed by atoms with Crippen molar-refractivity contribution in [1.29, 1.82) is 0 Å². The Morgan fingerprint density at radius 1 is 1.04 bits per heavy atom. The van der Waals surface area contributed by atoms with Crippen molar-refractivity contribution in [3.05, 3.63) is 11.8 Å². The maximum atomic E-state index is 12.7. The molecular weight excluding hydrogens is 329 g/mol. The minimum Gasteiger partial charge on any atom is -0.409 e. The Kier molecular flexibility index (Phi) is 10.3. The average molecular weight is 361 g/mol. The van der Waals surface area contributed by atoms with E-state index in [0.29, 0.717) is 13.2 Å². The van der Waals surface area contributed by atoms with Crippen molar-refractivity contribution in [3.8, 4) is 0 Å². The molecule has 0 bridgehead atoms. The number of phosphoric ester groups is 1. The predicted octanol–water partition coefficient (Wildman–Crippen LogP) is 4.66. The van der Waals surface area contributed by atoms with E-state index in [2.05, 4.69) is 0 Å². The zero-order valence-electron chi connectivity index (χ0n) is 15.3. The van der Waals surface area contributed by atoms with Gasteiger partial charge in [0.1, 0.15) is 5.76 Å². The van der Waals surface area contributed by atoms with Crippen molar-refractivity contribution in [2.24, 2.45) is 0 Å². The van der Waals surface area contributed by atoms with E-state index in [1.807, 2.05) is 13.8 Å². The number of piperidine rings is 1. The lowest BCUT2D eigenvalue weighted by molar-refractivity contribution is -0.127. The zero-order chi connectivity index (χ0) is 17.8. The molecule has 0 atom stereocenters. The molecule has 0 radical (unpaired) electrons. The van der Waals surface area contributed by atoms with Crippen molar-refractivity contribution >= 4 is 13.7 Å². The molecule has 0 unspecified atom stereocenters. The van der Waals surface area contributed by atoms with Crippen LogP contribution in [-0.4, -0.2) is 37.1 Å². The van der Waals surface area contributed by atoms with Gasteiger partial charge in [0.2, 0.25) is 5.91 Å². The van der Waals surface area contributed by atoms with Crippen LogP contribution < -0.4 is 0 Å². The van der Waals surface area contributed by atoms with Crippen LogP contribution >= 0.6 is 7.82 Å². The molecule has 0 N–H and O–H groups in total. The second kappa shape index (κ2) is 11.7. The SMILES string of the molecule is CCCCOP(=O)(OCCCC)OC(C)=CC(=O)N1CCCCC1. The van der Waals surface area contributed by atoms with E-state index >= 15 is 0 Å². The fraction of sp³-hybridized carbons (Fsp3) is 0.824. The summed E-state index contributed by atoms with van der Waals surface area (Å²) in [4.78, 5) is 14.0. The number of carbonyl (C=O) groups excluding carboxylic acids is 1. The van der Waals surface area contributed by atoms with Crippen LogP contribution in [0.3, 0.4) is 0 Å². The highest BCUT2D eigenvalue weighted by atomic mass is 31.2. The molecule has 0 aromatic carbocycles. The summed E-state index contributed by atoms with van der Waals surface area (Å²) in [6.07, 6.45) is 8.00. The quantitative estimate of drug-likeness (QED) is 0.232. The molecule has 1 heterocycles. The van der Waals surface area contributed by atoms with Crippen LogP contribution in [0.25, 0.3) is 0 Å². The van der Waals surface area contributed by atoms with Gasteiger partial charge in [-0.25, -0.2) is 4.57 Å². The van der Waals surface area contributed by atoms with Crippen LogP contribution in [0.2, 0.25) is 0 Å². The fourth-order valence-electron chi connectivity index (χ4n) is 2.31. The van der Waals surface area contributed by atoms with E-state index in [1.165, 1.54) is 6.08 Å². The van der Waals surface area contributed by atoms with Gasteiger partial charge in [-0.05, 0) is 39.0 Å². The van der Waals surface area contributed by atoms with E-state index in [9.17, 15) is 9.36 Å². The van der Waals surface area contributed by atoms with Gasteiger partial charge in [-0.1, -0.05) is 26.7 Å². The van der Waals surface area contributed by atoms with Crippen molar-refractivity contribution in [2.45, 2.75) is 65.7 Å². The van der Waals surface area contributed by atoms with Crippen molar-refractivity contribution in [3.63, 3.8) is 0 Å². The van der Waals surface area contributed by atoms with Gasteiger partial charge in [0.15, 0.2) is 0 Å². The van der Waals surface area contributed by atoms with Crippen LogP contribution in [0.1, 0.15) is 65.7 Å². The Bertz CT molecular complexity index is 432. The highest BCUT2D eigenvalue weighted by molar-refractivity contribution is 7.48. The molecule has 7 heteroatoms. The maximum absolute atomic E-state index is 12.7. The summed E-state index contributed by atoms with van der Waals surface area (Å²) in [5.74, 6) is 0.155. The topological polar surface area (TPSA) is 65.1 Å². The number of likely N-dealkylation sites (tertiary alicyclic amines) is 1. The summed E-state index contributed by atoms with van der Waals surface area (Å²) in [5, 5.41) is 0. The number of rotatable bonds is 11. The molecule has 1 amide bonds. The normalized spacial score (nSPS) is 16.3. The fourth-order valence-corrected chi connectivity index (χ4v) is 3.60. The molecule has 1 saturated heterocycles. The van der Waals surface area contributed by atoms with Gasteiger partial charge in [-0.2, -0.15) is 0 Å². The Labute approximate surface area is 146 Å². The third-order valence-corrected chi connectivity index (χ3v) is 5.25. The molecule has 0 spiro atoms. The average Bonchev–Trinajstić information content (AvgIpc) is 2.56. The molecule has 0 aromatic heterocycles. The summed E-state index contributed by atoms with van der Waals surface area (Å²) >= 11 is 0. The summed E-state index contributed by atoms with van der Waals surface area (Å²) in [7, 11) is -3.67. The summed E-state index contributed by atoms with van der Waals surface area (Å²) in [6.45, 7) is 7.81. The minimum absolute atomic E-state index is 0.110. The van der Waals surface area contributed by atoms with Gasteiger partial charge < -0.3 is 9.42 Å². The summed E-state index contributed by atoms with van der Waals surface area (Å²) < 4.78 is 28.8. The Morgan fingerprint density at radius 3 is 2.08 bits per heavy atom. The Morgan fingerprint density at radius 2 is 1.58 bits per heavy atom. The number of amides is 1. The Balaban J connectivity index is 2.62. The van der Waals surface area contributed by atoms with Crippen LogP contribution in [0, 0.1) is 0 Å². The maximum Gasteiger partial charge on any atom is 0.529 e. The van der Waals surface area contributed by atoms with Crippen molar-refractivity contribution in [1.82, 2.24) is 4.90 Å². The highest BCUT2D eigenvalue weighted by Gasteiger charge is 2.28. The molecule has 0 aromatic rings. The van der Waals surface area contributed by atoms with Crippen molar-refractivity contribution in [2.75, 3.05) is 26.3 Å². The van der Waals surface area contributed by atoms with E-state index in [1.54, 1.807) is 11.8 Å². The molecule has 24 heavy (non-hydrogen) atoms. The molecule has 6 nitrogen and oxygen atoms in total. The van der Waals surface area contributed by atoms with Crippen LogP contribution in [-0.2, 0) is 22.9 Å². The number of nitrogens with zero attached hydrogens (tertiary/aromatic N) is 1. The van der Waals surface area contributed by atoms with E-state index < -0.39 is 7.82 Å². The monoisotopic (exact) mass is 361 g/mol. The third kappa shape index (κ3) is 8.32. The molecule has 1 aliphatic heterocycles. The van der Waals surface area contributed by atoms with E-state index in [0.717, 1.165) is 58.0 Å². The number of unbranched alkanes of at least 4 members (excludes halogenated alkanes) is 2. The van der Waals surface area contributed by atoms with E-state index in [4.69, 9.17) is 13.6 Å². The van der Waals surface area contributed by atoms with Gasteiger partial charge in [0, 0.05) is 19.2 Å². The molecule has 140 valence electrons. The number of hydrogen-bond donors (Lipinski definition) is 0. The number of allylic oxidation sites excluding steroid dienone is 1. The predicted molar refractivity (Wildman–Crippen MR) is 94.6 cm³/mol. The van der Waals surface area contributed by atoms with Gasteiger partial charge in [0.25, 0.3) is 0 Å². The standard InChI is InChI=1S/C17H32NO5P/c1-4-6-13-21-24(20,22-14-7-5-2)23-16(3)15-17(19)18-11-9-8-10-12-18/h15H,4-14H2,1-3H3. The molecule has 1 aliphatic rings. The first-order valence-electron chi connectivity index (χ1n) is 9.06. The van der Waals surface area contributed by atoms with Gasteiger partial charge in [-0.3, -0.25) is 13.8 Å². The lowest BCUT2D eigenvalue weighted by atomic mass is 10.1. The van der Waals surface area contributed by atoms with E-state index in [-0.39, 0.29) is 11.7 Å². The molecule has 0 aliphatic carbocycles. The van der Waals surface area contributed by atoms with Crippen molar-refractivity contribution < 1.29 is 22.9 Å². The first kappa shape index (κ1) is 21.2. The lowest BCUT2D eigenvalue weighted by Gasteiger charge is -2.25. The molecular formula is C17H32NO5P. The van der Waals surface area contributed by atoms with Crippen LogP contribution in [0.4, 0.5) is 0 Å². The second-order valence-electron chi connectivity index (χ2n) is 6.05. The van der Waals surface area contributed by atoms with Gasteiger partial charge >= 0.3 is 7.82 Å². The molecule has 1 fully saturated rings. The number of phosphoric acid groups is 1. The second-order valence-corrected chi connectivity index (χ2v) is 7.65. The molecule has 1 rings (SSSR count). The number of carbonyl (C=O) groups is 1. The minimum atomic E-state index is -3.67. The smallest absolute Gasteiger partial charge is 0.409 e. The highest BCUT2D eigenvalue weighted by Crippen LogP contribution is 2.51. The van der Waals surface area contributed by atoms with Gasteiger partial charge in [0.05, 0.1) is 13.2 Å². The molecule has 0 saturated carbocycles. The summed E-state index contributed by atoms with van der Waals surface area (Å²) in [5.41, 5.74) is 0. The first-order chi connectivity index (χ1) is 11.5. The Hall–Kier alpha value is -0.840. The number of hydrogen-bond acceptors (Lipinski definition) is 5. The third-order valence-electron chi connectivity index (χ3n) is 3.74. The zero-order valence-corrected chi connectivity index (χ0v) is 16.2. The first-order valence-corrected chi connectivity index (χ1v) is 10.5. The largest absolute Gasteiger partial charge is 0.529 e. The lowest BCUT2D eigenvalue weighted by Crippen LogP contribution is -2.34. The van der Waals surface area contributed by atoms with Gasteiger partial charge in [-0.15, -0.1) is 0 Å². The summed E-state index contributed by atoms with van der Waals surface area (Å²) in [6, 6.07) is 0. The van der Waals surface area contributed by atoms with Crippen LogP contribution in [0.5, 0.6) is 0 Å².